The van der Waals surface area contributed by atoms with Gasteiger partial charge in [0.2, 0.25) is 5.79 Å². The number of aromatic nitrogens is 3. The third-order valence-corrected chi connectivity index (χ3v) is 11.4. The second kappa shape index (κ2) is 14.1. The first-order chi connectivity index (χ1) is 17.8. The molecule has 2 atom stereocenters. The van der Waals surface area contributed by atoms with Crippen molar-refractivity contribution in [1.82, 2.24) is 19.3 Å². The highest BCUT2D eigenvalue weighted by Gasteiger charge is 2.42. The highest BCUT2D eigenvalue weighted by atomic mass is 79.9. The molecule has 1 unspecified atom stereocenters. The molecule has 3 rings (SSSR count). The number of hydrogen-bond acceptors (Lipinski definition) is 8. The second-order valence-electron chi connectivity index (χ2n) is 11.8. The van der Waals surface area contributed by atoms with E-state index in [1.807, 2.05) is 25.3 Å². The van der Waals surface area contributed by atoms with Crippen LogP contribution in [0.5, 0.6) is 0 Å². The molecule has 1 aliphatic rings. The van der Waals surface area contributed by atoms with Crippen molar-refractivity contribution in [3.63, 3.8) is 0 Å². The molecular weight excluding hydrogens is 656 g/mol. The van der Waals surface area contributed by atoms with Gasteiger partial charge in [0.25, 0.3) is 5.89 Å². The maximum absolute atomic E-state index is 13.1. The summed E-state index contributed by atoms with van der Waals surface area (Å²) in [4.78, 5) is 9.05. The summed E-state index contributed by atoms with van der Waals surface area (Å²) in [6.07, 6.45) is 7.29. The van der Waals surface area contributed by atoms with Crippen molar-refractivity contribution < 1.29 is 23.2 Å². The monoisotopic (exact) mass is 696 g/mol. The lowest BCUT2D eigenvalue weighted by Gasteiger charge is -2.28. The highest BCUT2D eigenvalue weighted by Crippen LogP contribution is 2.36. The summed E-state index contributed by atoms with van der Waals surface area (Å²) < 4.78 is 43.0. The second-order valence-corrected chi connectivity index (χ2v) is 20.9. The summed E-state index contributed by atoms with van der Waals surface area (Å²) in [5.41, 5.74) is 0. The number of hydrogen-bond donors (Lipinski definition) is 1. The van der Waals surface area contributed by atoms with Crippen molar-refractivity contribution in [3.05, 3.63) is 33.4 Å². The summed E-state index contributed by atoms with van der Waals surface area (Å²) in [6, 6.07) is 0.881. The fourth-order valence-electron chi connectivity index (χ4n) is 4.01. The Morgan fingerprint density at radius 3 is 2.53 bits per heavy atom. The van der Waals surface area contributed by atoms with Crippen LogP contribution in [-0.4, -0.2) is 51.7 Å². The number of halogens is 2. The Labute approximate surface area is 247 Å². The predicted octanol–water partition coefficient (Wildman–Crippen LogP) is 6.65. The van der Waals surface area contributed by atoms with Crippen LogP contribution in [0.4, 0.5) is 0 Å². The Kier molecular flexibility index (Phi) is 12.0. The zero-order valence-corrected chi connectivity index (χ0v) is 28.3. The first-order valence-corrected chi connectivity index (χ1v) is 19.6. The average molecular weight is 699 g/mol. The molecule has 0 amide bonds. The van der Waals surface area contributed by atoms with Gasteiger partial charge in [-0.1, -0.05) is 32.5 Å². The SMILES string of the molecule is CC(C)(C)[S@@+]([O-])NC(CCCCCC1(c2ncco2)OCCO1)c1nc(Br)c(Br)n1COCC[Si](C)(C)C. The van der Waals surface area contributed by atoms with Crippen molar-refractivity contribution in [2.24, 2.45) is 0 Å². The molecule has 1 aliphatic heterocycles. The molecule has 0 radical (unpaired) electrons. The standard InChI is InChI=1S/C25H42Br2N4O5SSi/c1-24(2,3)37(32)30-19(22-29-20(26)21(27)31(22)18-33-16-17-38(4,5)6)10-8-7-9-11-25(35-14-15-36-25)23-28-12-13-34-23/h12-13,19,30H,7-11,14-18H2,1-6H3/t19?,37-/m1/s1. The zero-order valence-electron chi connectivity index (χ0n) is 23.4. The number of oxazole rings is 1. The van der Waals surface area contributed by atoms with Crippen LogP contribution in [0.3, 0.4) is 0 Å². The lowest BCUT2D eigenvalue weighted by molar-refractivity contribution is -0.187. The van der Waals surface area contributed by atoms with E-state index in [1.165, 1.54) is 0 Å². The van der Waals surface area contributed by atoms with Crippen molar-refractivity contribution in [3.8, 4) is 0 Å². The number of ether oxygens (including phenoxy) is 3. The van der Waals surface area contributed by atoms with E-state index < -0.39 is 30.0 Å². The molecule has 1 saturated heterocycles. The Bertz CT molecular complexity index is 991. The molecule has 1 fully saturated rings. The van der Waals surface area contributed by atoms with Gasteiger partial charge < -0.3 is 23.2 Å². The van der Waals surface area contributed by atoms with Gasteiger partial charge in [-0.3, -0.25) is 4.57 Å². The van der Waals surface area contributed by atoms with Gasteiger partial charge in [0.1, 0.15) is 38.8 Å². The maximum Gasteiger partial charge on any atom is 0.255 e. The summed E-state index contributed by atoms with van der Waals surface area (Å²) in [5, 5.41) is 0. The minimum absolute atomic E-state index is 0.210. The fourth-order valence-corrected chi connectivity index (χ4v) is 6.37. The Balaban J connectivity index is 1.65. The molecule has 9 nitrogen and oxygen atoms in total. The van der Waals surface area contributed by atoms with Crippen LogP contribution < -0.4 is 4.72 Å². The topological polar surface area (TPSA) is 107 Å². The molecule has 3 heterocycles. The summed E-state index contributed by atoms with van der Waals surface area (Å²) in [5.74, 6) is 0.378. The number of nitrogens with one attached hydrogen (secondary N) is 1. The Morgan fingerprint density at radius 1 is 1.21 bits per heavy atom. The minimum atomic E-state index is -1.26. The Morgan fingerprint density at radius 2 is 1.92 bits per heavy atom. The molecule has 0 bridgehead atoms. The average Bonchev–Trinajstić information content (AvgIpc) is 3.57. The van der Waals surface area contributed by atoms with Crippen LogP contribution in [0, 0.1) is 0 Å². The van der Waals surface area contributed by atoms with Crippen molar-refractivity contribution in [1.29, 1.82) is 0 Å². The van der Waals surface area contributed by atoms with Crippen molar-refractivity contribution >= 4 is 51.3 Å². The lowest BCUT2D eigenvalue weighted by atomic mass is 10.0. The maximum atomic E-state index is 13.1. The normalized spacial score (nSPS) is 17.7. The summed E-state index contributed by atoms with van der Waals surface area (Å²) in [6.45, 7) is 15.1. The van der Waals surface area contributed by atoms with Gasteiger partial charge in [0.05, 0.1) is 19.4 Å². The molecule has 0 saturated carbocycles. The van der Waals surface area contributed by atoms with E-state index in [1.54, 1.807) is 12.5 Å². The molecular formula is C25H42Br2N4O5SSi. The third-order valence-electron chi connectivity index (χ3n) is 6.24. The van der Waals surface area contributed by atoms with Crippen LogP contribution >= 0.6 is 31.9 Å². The van der Waals surface area contributed by atoms with Gasteiger partial charge in [-0.2, -0.15) is 0 Å². The quantitative estimate of drug-likeness (QED) is 0.125. The largest absolute Gasteiger partial charge is 0.598 e. The smallest absolute Gasteiger partial charge is 0.255 e. The number of rotatable bonds is 15. The molecule has 1 N–H and O–H groups in total. The third kappa shape index (κ3) is 9.13. The number of unbranched alkanes of at least 4 members (excludes halogenated alkanes) is 2. The van der Waals surface area contributed by atoms with Crippen LogP contribution in [0.25, 0.3) is 0 Å². The van der Waals surface area contributed by atoms with E-state index in [2.05, 4.69) is 61.2 Å². The van der Waals surface area contributed by atoms with E-state index in [-0.39, 0.29) is 6.04 Å². The predicted molar refractivity (Wildman–Crippen MR) is 159 cm³/mol. The number of nitrogens with zero attached hydrogens (tertiary/aromatic N) is 3. The van der Waals surface area contributed by atoms with Gasteiger partial charge in [0.15, 0.2) is 0 Å². The van der Waals surface area contributed by atoms with E-state index in [9.17, 15) is 4.55 Å². The van der Waals surface area contributed by atoms with E-state index in [4.69, 9.17) is 23.6 Å². The molecule has 0 aromatic carbocycles. The van der Waals surface area contributed by atoms with Crippen molar-refractivity contribution in [2.45, 2.75) is 102 Å². The van der Waals surface area contributed by atoms with Gasteiger partial charge in [-0.15, -0.1) is 4.72 Å². The summed E-state index contributed by atoms with van der Waals surface area (Å²) >= 11 is 5.96. The first kappa shape index (κ1) is 32.3. The number of imidazole rings is 1. The molecule has 0 spiro atoms. The van der Waals surface area contributed by atoms with E-state index in [0.717, 1.165) is 42.2 Å². The summed E-state index contributed by atoms with van der Waals surface area (Å²) in [7, 11) is -1.19. The highest BCUT2D eigenvalue weighted by molar-refractivity contribution is 9.13. The first-order valence-electron chi connectivity index (χ1n) is 13.2. The van der Waals surface area contributed by atoms with Crippen LogP contribution in [0.1, 0.15) is 70.6 Å². The van der Waals surface area contributed by atoms with Crippen molar-refractivity contribution in [2.75, 3.05) is 19.8 Å². The van der Waals surface area contributed by atoms with Gasteiger partial charge in [-0.05, 0) is 71.5 Å². The molecule has 2 aromatic rings. The zero-order chi connectivity index (χ0) is 28.0. The molecule has 2 aromatic heterocycles. The van der Waals surface area contributed by atoms with Crippen LogP contribution in [0.2, 0.25) is 25.7 Å². The van der Waals surface area contributed by atoms with Gasteiger partial charge >= 0.3 is 0 Å². The lowest BCUT2D eigenvalue weighted by Crippen LogP contribution is -2.42. The molecule has 216 valence electrons. The van der Waals surface area contributed by atoms with Crippen LogP contribution in [-0.2, 0) is 38.1 Å². The minimum Gasteiger partial charge on any atom is -0.598 e. The molecule has 0 aliphatic carbocycles. The Hall–Kier alpha value is -0.253. The van der Waals surface area contributed by atoms with Gasteiger partial charge in [0, 0.05) is 32.5 Å². The van der Waals surface area contributed by atoms with E-state index >= 15 is 0 Å². The van der Waals surface area contributed by atoms with Gasteiger partial charge in [-0.25, -0.2) is 9.97 Å². The van der Waals surface area contributed by atoms with Crippen LogP contribution in [0.15, 0.2) is 26.1 Å². The fraction of sp³-hybridized carbons (Fsp3) is 0.760. The molecule has 38 heavy (non-hydrogen) atoms. The van der Waals surface area contributed by atoms with E-state index in [0.29, 0.717) is 43.5 Å². The molecule has 13 heteroatoms.